The minimum absolute atomic E-state index is 0.0102. The number of carbonyl (C=O) groups excluding carboxylic acids is 1. The Morgan fingerprint density at radius 1 is 1.00 bits per heavy atom. The second kappa shape index (κ2) is 7.95. The van der Waals surface area contributed by atoms with Crippen molar-refractivity contribution in [3.8, 4) is 5.75 Å². The van der Waals surface area contributed by atoms with Crippen LogP contribution in [0.25, 0.3) is 0 Å². The van der Waals surface area contributed by atoms with Crippen molar-refractivity contribution in [1.29, 1.82) is 0 Å². The van der Waals surface area contributed by atoms with Gasteiger partial charge in [0, 0.05) is 12.2 Å². The van der Waals surface area contributed by atoms with Crippen LogP contribution in [-0.4, -0.2) is 25.6 Å². The number of ketones is 1. The Labute approximate surface area is 115 Å². The van der Waals surface area contributed by atoms with E-state index in [2.05, 4.69) is 27.7 Å². The van der Waals surface area contributed by atoms with E-state index >= 15 is 0 Å². The van der Waals surface area contributed by atoms with Crippen LogP contribution in [0, 0.1) is 11.8 Å². The van der Waals surface area contributed by atoms with Crippen LogP contribution >= 0.6 is 0 Å². The molecule has 1 rings (SSSR count). The monoisotopic (exact) mass is 264 g/mol. The standard InChI is InChI=1S/C16H24O3/c1-12(2)9-18-11-16(17)14-5-7-15(8-6-14)19-10-13(3)4/h5-8,12-13H,9-11H2,1-4H3. The molecule has 0 saturated heterocycles. The third kappa shape index (κ3) is 6.39. The number of carbonyl (C=O) groups is 1. The maximum Gasteiger partial charge on any atom is 0.188 e. The summed E-state index contributed by atoms with van der Waals surface area (Å²) >= 11 is 0. The van der Waals surface area contributed by atoms with E-state index in [1.807, 2.05) is 12.1 Å². The average Bonchev–Trinajstić information content (AvgIpc) is 2.36. The van der Waals surface area contributed by atoms with Gasteiger partial charge in [-0.15, -0.1) is 0 Å². The number of Topliss-reactive ketones (excluding diaryl/α,β-unsaturated/α-hetero) is 1. The number of rotatable bonds is 8. The minimum atomic E-state index is 0.0102. The topological polar surface area (TPSA) is 35.5 Å². The highest BCUT2D eigenvalue weighted by Gasteiger charge is 2.07. The van der Waals surface area contributed by atoms with Crippen molar-refractivity contribution in [2.24, 2.45) is 11.8 Å². The summed E-state index contributed by atoms with van der Waals surface area (Å²) in [7, 11) is 0. The Morgan fingerprint density at radius 2 is 1.58 bits per heavy atom. The van der Waals surface area contributed by atoms with Crippen LogP contribution in [-0.2, 0) is 4.74 Å². The quantitative estimate of drug-likeness (QED) is 0.673. The van der Waals surface area contributed by atoms with Crippen LogP contribution in [0.15, 0.2) is 24.3 Å². The van der Waals surface area contributed by atoms with Gasteiger partial charge in [0.05, 0.1) is 6.61 Å². The highest BCUT2D eigenvalue weighted by molar-refractivity contribution is 5.97. The summed E-state index contributed by atoms with van der Waals surface area (Å²) < 4.78 is 10.9. The second-order valence-corrected chi connectivity index (χ2v) is 5.56. The molecule has 3 heteroatoms. The molecule has 1 aromatic rings. The lowest BCUT2D eigenvalue weighted by molar-refractivity contribution is 0.0705. The van der Waals surface area contributed by atoms with Crippen molar-refractivity contribution in [2.45, 2.75) is 27.7 Å². The molecule has 0 aliphatic rings. The van der Waals surface area contributed by atoms with Gasteiger partial charge >= 0.3 is 0 Å². The molecule has 0 spiro atoms. The molecule has 0 aliphatic carbocycles. The molecule has 0 fully saturated rings. The van der Waals surface area contributed by atoms with Gasteiger partial charge in [-0.3, -0.25) is 4.79 Å². The molecule has 0 heterocycles. The van der Waals surface area contributed by atoms with Crippen LogP contribution in [0.5, 0.6) is 5.75 Å². The zero-order valence-electron chi connectivity index (χ0n) is 12.3. The fourth-order valence-corrected chi connectivity index (χ4v) is 1.47. The normalized spacial score (nSPS) is 11.1. The van der Waals surface area contributed by atoms with Crippen molar-refractivity contribution < 1.29 is 14.3 Å². The maximum absolute atomic E-state index is 11.8. The molecule has 0 saturated carbocycles. The van der Waals surface area contributed by atoms with Crippen LogP contribution in [0.4, 0.5) is 0 Å². The van der Waals surface area contributed by atoms with Crippen LogP contribution in [0.2, 0.25) is 0 Å². The number of hydrogen-bond acceptors (Lipinski definition) is 3. The van der Waals surface area contributed by atoms with Crippen molar-refractivity contribution in [1.82, 2.24) is 0 Å². The molecule has 0 radical (unpaired) electrons. The van der Waals surface area contributed by atoms with Crippen LogP contribution in [0.3, 0.4) is 0 Å². The SMILES string of the molecule is CC(C)COCC(=O)c1ccc(OCC(C)C)cc1. The van der Waals surface area contributed by atoms with Crippen LogP contribution < -0.4 is 4.74 Å². The molecule has 0 amide bonds. The Kier molecular flexibility index (Phi) is 6.57. The lowest BCUT2D eigenvalue weighted by atomic mass is 10.1. The summed E-state index contributed by atoms with van der Waals surface area (Å²) in [6.45, 7) is 9.76. The summed E-state index contributed by atoms with van der Waals surface area (Å²) in [5.74, 6) is 1.75. The largest absolute Gasteiger partial charge is 0.493 e. The third-order valence-electron chi connectivity index (χ3n) is 2.44. The van der Waals surface area contributed by atoms with Crippen molar-refractivity contribution in [3.63, 3.8) is 0 Å². The average molecular weight is 264 g/mol. The number of benzene rings is 1. The lowest BCUT2D eigenvalue weighted by Gasteiger charge is -2.09. The summed E-state index contributed by atoms with van der Waals surface area (Å²) in [5, 5.41) is 0. The zero-order valence-corrected chi connectivity index (χ0v) is 12.3. The van der Waals surface area contributed by atoms with Crippen LogP contribution in [0.1, 0.15) is 38.1 Å². The molecule has 0 N–H and O–H groups in total. The first kappa shape index (κ1) is 15.7. The van der Waals surface area contributed by atoms with Gasteiger partial charge in [-0.05, 0) is 36.1 Å². The summed E-state index contributed by atoms with van der Waals surface area (Å²) in [6.07, 6.45) is 0. The Bertz CT molecular complexity index is 379. The Hall–Kier alpha value is -1.35. The van der Waals surface area contributed by atoms with Gasteiger partial charge in [0.25, 0.3) is 0 Å². The first-order chi connectivity index (χ1) is 8.99. The van der Waals surface area contributed by atoms with E-state index in [1.165, 1.54) is 0 Å². The molecule has 3 nitrogen and oxygen atoms in total. The van der Waals surface area contributed by atoms with Gasteiger partial charge < -0.3 is 9.47 Å². The van der Waals surface area contributed by atoms with Gasteiger partial charge in [-0.1, -0.05) is 27.7 Å². The van der Waals surface area contributed by atoms with E-state index < -0.39 is 0 Å². The predicted molar refractivity (Wildman–Crippen MR) is 76.8 cm³/mol. The van der Waals surface area contributed by atoms with Gasteiger partial charge in [0.1, 0.15) is 12.4 Å². The Balaban J connectivity index is 2.44. The minimum Gasteiger partial charge on any atom is -0.493 e. The smallest absolute Gasteiger partial charge is 0.188 e. The number of ether oxygens (including phenoxy) is 2. The second-order valence-electron chi connectivity index (χ2n) is 5.56. The fourth-order valence-electron chi connectivity index (χ4n) is 1.47. The summed E-state index contributed by atoms with van der Waals surface area (Å²) in [6, 6.07) is 7.24. The summed E-state index contributed by atoms with van der Waals surface area (Å²) in [5.41, 5.74) is 0.667. The first-order valence-corrected chi connectivity index (χ1v) is 6.83. The Morgan fingerprint density at radius 3 is 2.11 bits per heavy atom. The molecule has 106 valence electrons. The van der Waals surface area contributed by atoms with Gasteiger partial charge in [-0.2, -0.15) is 0 Å². The first-order valence-electron chi connectivity index (χ1n) is 6.83. The van der Waals surface area contributed by atoms with E-state index in [-0.39, 0.29) is 12.4 Å². The van der Waals surface area contributed by atoms with Crippen molar-refractivity contribution in [3.05, 3.63) is 29.8 Å². The molecule has 19 heavy (non-hydrogen) atoms. The van der Waals surface area contributed by atoms with Crippen molar-refractivity contribution >= 4 is 5.78 Å². The zero-order chi connectivity index (χ0) is 14.3. The van der Waals surface area contributed by atoms with E-state index in [1.54, 1.807) is 12.1 Å². The highest BCUT2D eigenvalue weighted by atomic mass is 16.5. The maximum atomic E-state index is 11.8. The van der Waals surface area contributed by atoms with E-state index in [0.717, 1.165) is 5.75 Å². The molecule has 0 aliphatic heterocycles. The van der Waals surface area contributed by atoms with E-state index in [9.17, 15) is 4.79 Å². The van der Waals surface area contributed by atoms with E-state index in [0.29, 0.717) is 30.6 Å². The molecule has 0 bridgehead atoms. The van der Waals surface area contributed by atoms with Gasteiger partial charge in [0.15, 0.2) is 5.78 Å². The molecule has 1 aromatic carbocycles. The van der Waals surface area contributed by atoms with E-state index in [4.69, 9.17) is 9.47 Å². The molecule has 0 unspecified atom stereocenters. The molecule has 0 atom stereocenters. The highest BCUT2D eigenvalue weighted by Crippen LogP contribution is 2.13. The van der Waals surface area contributed by atoms with Crippen molar-refractivity contribution in [2.75, 3.05) is 19.8 Å². The predicted octanol–water partition coefficient (Wildman–Crippen LogP) is 3.58. The molecular weight excluding hydrogens is 240 g/mol. The number of hydrogen-bond donors (Lipinski definition) is 0. The third-order valence-corrected chi connectivity index (χ3v) is 2.44. The lowest BCUT2D eigenvalue weighted by Crippen LogP contribution is -2.12. The van der Waals surface area contributed by atoms with Gasteiger partial charge in [0.2, 0.25) is 0 Å². The molecule has 0 aromatic heterocycles. The molecular formula is C16H24O3. The fraction of sp³-hybridized carbons (Fsp3) is 0.562. The van der Waals surface area contributed by atoms with Gasteiger partial charge in [-0.25, -0.2) is 0 Å². The summed E-state index contributed by atoms with van der Waals surface area (Å²) in [4.78, 5) is 11.8.